The van der Waals surface area contributed by atoms with Crippen LogP contribution in [0.3, 0.4) is 0 Å². The van der Waals surface area contributed by atoms with E-state index in [2.05, 4.69) is 5.32 Å². The summed E-state index contributed by atoms with van der Waals surface area (Å²) in [5.41, 5.74) is -0.235. The van der Waals surface area contributed by atoms with Crippen LogP contribution in [0.25, 0.3) is 0 Å². The number of anilines is 1. The molecule has 31 heavy (non-hydrogen) atoms. The predicted octanol–water partition coefficient (Wildman–Crippen LogP) is 4.93. The lowest BCUT2D eigenvalue weighted by atomic mass is 10.2. The average molecular weight is 455 g/mol. The third kappa shape index (κ3) is 7.45. The van der Waals surface area contributed by atoms with Crippen molar-refractivity contribution >= 4 is 23.4 Å². The highest BCUT2D eigenvalue weighted by Crippen LogP contribution is 2.35. The molecule has 2 rings (SSSR count). The molecule has 0 spiro atoms. The quantitative estimate of drug-likeness (QED) is 0.330. The zero-order valence-electron chi connectivity index (χ0n) is 16.9. The number of nitriles is 1. The standard InChI is InChI=1S/C21H21F4N3O2S/c1-28(12-14-4-6-18(30-2)16(22)10-14)13-20(29)27-17-11-15(21(23,24)25)5-7-19(17)31-9-3-8-26/h4-7,10-11H,3,9,12-13H2,1-2H3,(H,27,29). The minimum absolute atomic E-state index is 0.0339. The molecule has 0 saturated carbocycles. The zero-order valence-corrected chi connectivity index (χ0v) is 17.7. The second-order valence-electron chi connectivity index (χ2n) is 6.65. The lowest BCUT2D eigenvalue weighted by Gasteiger charge is -2.18. The van der Waals surface area contributed by atoms with Gasteiger partial charge in [0.2, 0.25) is 5.91 Å². The van der Waals surface area contributed by atoms with E-state index in [1.165, 1.54) is 37.1 Å². The van der Waals surface area contributed by atoms with Gasteiger partial charge >= 0.3 is 6.18 Å². The first-order valence-corrected chi connectivity index (χ1v) is 10.1. The van der Waals surface area contributed by atoms with Gasteiger partial charge in [-0.25, -0.2) is 4.39 Å². The average Bonchev–Trinajstić information content (AvgIpc) is 2.68. The number of nitrogens with zero attached hydrogens (tertiary/aromatic N) is 2. The minimum Gasteiger partial charge on any atom is -0.494 e. The lowest BCUT2D eigenvalue weighted by Crippen LogP contribution is -2.30. The van der Waals surface area contributed by atoms with Gasteiger partial charge in [-0.2, -0.15) is 18.4 Å². The highest BCUT2D eigenvalue weighted by molar-refractivity contribution is 7.99. The predicted molar refractivity (Wildman–Crippen MR) is 110 cm³/mol. The second kappa shape index (κ2) is 11.0. The molecule has 0 unspecified atom stereocenters. The number of hydrogen-bond donors (Lipinski definition) is 1. The van der Waals surface area contributed by atoms with Gasteiger partial charge in [0.15, 0.2) is 11.6 Å². The van der Waals surface area contributed by atoms with Crippen LogP contribution in [0.2, 0.25) is 0 Å². The Labute approximate surface area is 182 Å². The first-order chi connectivity index (χ1) is 14.6. The Morgan fingerprint density at radius 1 is 1.26 bits per heavy atom. The highest BCUT2D eigenvalue weighted by Gasteiger charge is 2.31. The summed E-state index contributed by atoms with van der Waals surface area (Å²) in [6.45, 7) is 0.132. The van der Waals surface area contributed by atoms with Gasteiger partial charge in [0.1, 0.15) is 0 Å². The summed E-state index contributed by atoms with van der Waals surface area (Å²) in [6, 6.07) is 9.50. The van der Waals surface area contributed by atoms with Crippen LogP contribution >= 0.6 is 11.8 Å². The van der Waals surface area contributed by atoms with Crippen molar-refractivity contribution in [3.05, 3.63) is 53.3 Å². The second-order valence-corrected chi connectivity index (χ2v) is 7.79. The molecule has 0 aliphatic rings. The van der Waals surface area contributed by atoms with E-state index in [0.29, 0.717) is 16.2 Å². The van der Waals surface area contributed by atoms with Gasteiger partial charge in [-0.05, 0) is 42.9 Å². The molecule has 0 aromatic heterocycles. The minimum atomic E-state index is -4.55. The number of likely N-dealkylation sites (N-methyl/N-ethyl adjacent to an activating group) is 1. The first kappa shape index (κ1) is 24.5. The fraction of sp³-hybridized carbons (Fsp3) is 0.333. The summed E-state index contributed by atoms with van der Waals surface area (Å²) in [5, 5.41) is 11.2. The Kier molecular flexibility index (Phi) is 8.71. The Hall–Kier alpha value is -2.77. The number of rotatable bonds is 9. The first-order valence-electron chi connectivity index (χ1n) is 9.16. The molecule has 2 aromatic carbocycles. The summed E-state index contributed by atoms with van der Waals surface area (Å²) in [6.07, 6.45) is -4.33. The van der Waals surface area contributed by atoms with Gasteiger partial charge in [-0.15, -0.1) is 11.8 Å². The summed E-state index contributed by atoms with van der Waals surface area (Å²) in [4.78, 5) is 14.5. The van der Waals surface area contributed by atoms with Crippen LogP contribution < -0.4 is 10.1 Å². The van der Waals surface area contributed by atoms with Crippen molar-refractivity contribution in [3.63, 3.8) is 0 Å². The van der Waals surface area contributed by atoms with Crippen LogP contribution in [-0.4, -0.2) is 37.3 Å². The van der Waals surface area contributed by atoms with E-state index in [-0.39, 0.29) is 30.9 Å². The normalized spacial score (nSPS) is 11.3. The van der Waals surface area contributed by atoms with Crippen molar-refractivity contribution < 1.29 is 27.1 Å². The number of nitrogens with one attached hydrogen (secondary N) is 1. The molecule has 5 nitrogen and oxygen atoms in total. The smallest absolute Gasteiger partial charge is 0.416 e. The van der Waals surface area contributed by atoms with Gasteiger partial charge in [0.05, 0.1) is 31.0 Å². The van der Waals surface area contributed by atoms with E-state index in [1.807, 2.05) is 6.07 Å². The Balaban J connectivity index is 2.08. The van der Waals surface area contributed by atoms with E-state index in [1.54, 1.807) is 18.0 Å². The summed E-state index contributed by atoms with van der Waals surface area (Å²) in [7, 11) is 2.99. The highest BCUT2D eigenvalue weighted by atomic mass is 32.2. The topological polar surface area (TPSA) is 65.4 Å². The maximum Gasteiger partial charge on any atom is 0.416 e. The molecule has 0 saturated heterocycles. The van der Waals surface area contributed by atoms with Crippen molar-refractivity contribution in [1.29, 1.82) is 5.26 Å². The molecule has 0 heterocycles. The van der Waals surface area contributed by atoms with Crippen LogP contribution in [0.4, 0.5) is 23.2 Å². The fourth-order valence-corrected chi connectivity index (χ4v) is 3.59. The van der Waals surface area contributed by atoms with Crippen LogP contribution in [0.15, 0.2) is 41.3 Å². The number of alkyl halides is 3. The number of thioether (sulfide) groups is 1. The van der Waals surface area contributed by atoms with Gasteiger partial charge in [-0.1, -0.05) is 6.07 Å². The van der Waals surface area contributed by atoms with Crippen LogP contribution in [0.5, 0.6) is 5.75 Å². The molecule has 0 radical (unpaired) electrons. The molecular weight excluding hydrogens is 434 g/mol. The van der Waals surface area contributed by atoms with Crippen molar-refractivity contribution in [2.45, 2.75) is 24.0 Å². The number of hydrogen-bond acceptors (Lipinski definition) is 5. The number of carbonyl (C=O) groups is 1. The van der Waals surface area contributed by atoms with Gasteiger partial charge in [-0.3, -0.25) is 9.69 Å². The lowest BCUT2D eigenvalue weighted by molar-refractivity contribution is -0.137. The number of ether oxygens (including phenoxy) is 1. The monoisotopic (exact) mass is 455 g/mol. The molecule has 1 N–H and O–H groups in total. The van der Waals surface area contributed by atoms with Crippen molar-refractivity contribution in [1.82, 2.24) is 4.90 Å². The van der Waals surface area contributed by atoms with E-state index >= 15 is 0 Å². The number of carbonyl (C=O) groups excluding carboxylic acids is 1. The third-order valence-electron chi connectivity index (χ3n) is 4.13. The Bertz CT molecular complexity index is 961. The van der Waals surface area contributed by atoms with Crippen molar-refractivity contribution in [2.24, 2.45) is 0 Å². The summed E-state index contributed by atoms with van der Waals surface area (Å²) in [5.74, 6) is -0.554. The molecule has 10 heteroatoms. The molecule has 1 amide bonds. The van der Waals surface area contributed by atoms with E-state index in [0.717, 1.165) is 12.1 Å². The van der Waals surface area contributed by atoms with Gasteiger partial charge in [0, 0.05) is 23.6 Å². The maximum absolute atomic E-state index is 13.8. The molecule has 0 bridgehead atoms. The van der Waals surface area contributed by atoms with E-state index < -0.39 is 23.5 Å². The van der Waals surface area contributed by atoms with E-state index in [9.17, 15) is 22.4 Å². The van der Waals surface area contributed by atoms with E-state index in [4.69, 9.17) is 10.00 Å². The summed E-state index contributed by atoms with van der Waals surface area (Å²) >= 11 is 1.19. The number of halogens is 4. The molecular formula is C21H21F4N3O2S. The zero-order chi connectivity index (χ0) is 23.0. The van der Waals surface area contributed by atoms with Gasteiger partial charge < -0.3 is 10.1 Å². The SMILES string of the molecule is COc1ccc(CN(C)CC(=O)Nc2cc(C(F)(F)F)ccc2SCCC#N)cc1F. The van der Waals surface area contributed by atoms with Crippen molar-refractivity contribution in [2.75, 3.05) is 31.8 Å². The molecule has 0 aliphatic carbocycles. The number of benzene rings is 2. The molecule has 2 aromatic rings. The Morgan fingerprint density at radius 3 is 2.61 bits per heavy atom. The fourth-order valence-electron chi connectivity index (χ4n) is 2.75. The molecule has 166 valence electrons. The third-order valence-corrected chi connectivity index (χ3v) is 5.21. The van der Waals surface area contributed by atoms with Crippen molar-refractivity contribution in [3.8, 4) is 11.8 Å². The Morgan fingerprint density at radius 2 is 2.00 bits per heavy atom. The van der Waals surface area contributed by atoms with Crippen LogP contribution in [0, 0.1) is 17.1 Å². The van der Waals surface area contributed by atoms with Gasteiger partial charge in [0.25, 0.3) is 0 Å². The van der Waals surface area contributed by atoms with Crippen LogP contribution in [-0.2, 0) is 17.5 Å². The summed E-state index contributed by atoms with van der Waals surface area (Å²) < 4.78 is 57.9. The number of amides is 1. The molecule has 0 atom stereocenters. The largest absolute Gasteiger partial charge is 0.494 e. The molecule has 0 fully saturated rings. The van der Waals surface area contributed by atoms with Crippen LogP contribution in [0.1, 0.15) is 17.5 Å². The maximum atomic E-state index is 13.8. The molecule has 0 aliphatic heterocycles. The number of methoxy groups -OCH3 is 1.